The molecule has 3 heterocycles. The molecule has 0 aliphatic carbocycles. The lowest BCUT2D eigenvalue weighted by Gasteiger charge is -2.04. The Morgan fingerprint density at radius 2 is 2.25 bits per heavy atom. The Hall–Kier alpha value is -2.24. The minimum absolute atomic E-state index is 0.367. The number of aromatic nitrogens is 4. The first kappa shape index (κ1) is 9.02. The largest absolute Gasteiger partial charge is 0.369 e. The number of anilines is 1. The quantitative estimate of drug-likeness (QED) is 0.709. The van der Waals surface area contributed by atoms with E-state index in [1.165, 1.54) is 0 Å². The van der Waals surface area contributed by atoms with Crippen molar-refractivity contribution >= 4 is 5.82 Å². The highest BCUT2D eigenvalue weighted by Gasteiger charge is 2.18. The number of hydrogen-bond donors (Lipinski definition) is 2. The minimum Gasteiger partial charge on any atom is -0.369 e. The van der Waals surface area contributed by atoms with E-state index in [-0.39, 0.29) is 5.69 Å². The fraction of sp³-hybridized carbons (Fsp3) is 0.200. The molecule has 0 spiro atoms. The van der Waals surface area contributed by atoms with Crippen LogP contribution in [0.15, 0.2) is 23.4 Å². The third kappa shape index (κ3) is 1.35. The van der Waals surface area contributed by atoms with Crippen molar-refractivity contribution < 1.29 is 0 Å². The fourth-order valence-electron chi connectivity index (χ4n) is 1.84. The van der Waals surface area contributed by atoms with Crippen LogP contribution in [0.4, 0.5) is 5.82 Å². The lowest BCUT2D eigenvalue weighted by Crippen LogP contribution is -2.14. The van der Waals surface area contributed by atoms with Gasteiger partial charge in [0.2, 0.25) is 0 Å². The predicted octanol–water partition coefficient (Wildman–Crippen LogP) is 0.195. The molecule has 0 radical (unpaired) electrons. The van der Waals surface area contributed by atoms with Crippen molar-refractivity contribution in [2.45, 2.75) is 6.42 Å². The third-order valence-electron chi connectivity index (χ3n) is 2.52. The van der Waals surface area contributed by atoms with Crippen LogP contribution in [0.25, 0.3) is 11.4 Å². The Kier molecular flexibility index (Phi) is 1.92. The number of rotatable bonds is 1. The molecule has 2 N–H and O–H groups in total. The van der Waals surface area contributed by atoms with Gasteiger partial charge in [-0.3, -0.25) is 9.97 Å². The van der Waals surface area contributed by atoms with Crippen LogP contribution in [0.5, 0.6) is 0 Å². The third-order valence-corrected chi connectivity index (χ3v) is 2.52. The molecule has 6 nitrogen and oxygen atoms in total. The van der Waals surface area contributed by atoms with Gasteiger partial charge in [-0.05, 0) is 6.42 Å². The molecule has 0 atom stereocenters. The van der Waals surface area contributed by atoms with Crippen molar-refractivity contribution in [1.29, 1.82) is 0 Å². The SMILES string of the molecule is O=c1nc2c(c(-c3cnccn3)[nH]1)CCN2. The number of fused-ring (bicyclic) bond motifs is 1. The second-order valence-corrected chi connectivity index (χ2v) is 3.51. The van der Waals surface area contributed by atoms with E-state index in [4.69, 9.17) is 0 Å². The monoisotopic (exact) mass is 215 g/mol. The highest BCUT2D eigenvalue weighted by Crippen LogP contribution is 2.26. The Labute approximate surface area is 90.8 Å². The first-order valence-corrected chi connectivity index (χ1v) is 4.98. The van der Waals surface area contributed by atoms with Crippen molar-refractivity contribution in [2.75, 3.05) is 11.9 Å². The van der Waals surface area contributed by atoms with Crippen molar-refractivity contribution in [3.8, 4) is 11.4 Å². The summed E-state index contributed by atoms with van der Waals surface area (Å²) in [5.41, 5.74) is 2.02. The Morgan fingerprint density at radius 3 is 3.06 bits per heavy atom. The zero-order valence-electron chi connectivity index (χ0n) is 8.40. The number of H-pyrrole nitrogens is 1. The molecule has 1 aliphatic heterocycles. The summed E-state index contributed by atoms with van der Waals surface area (Å²) in [5, 5.41) is 3.07. The lowest BCUT2D eigenvalue weighted by atomic mass is 10.1. The van der Waals surface area contributed by atoms with Gasteiger partial charge in [0.15, 0.2) is 0 Å². The van der Waals surface area contributed by atoms with Crippen molar-refractivity contribution in [3.63, 3.8) is 0 Å². The molecule has 6 heteroatoms. The second kappa shape index (κ2) is 3.41. The van der Waals surface area contributed by atoms with Crippen LogP contribution in [0.1, 0.15) is 5.56 Å². The van der Waals surface area contributed by atoms with E-state index < -0.39 is 0 Å². The molecule has 2 aromatic heterocycles. The second-order valence-electron chi connectivity index (χ2n) is 3.51. The van der Waals surface area contributed by atoms with Crippen LogP contribution < -0.4 is 11.0 Å². The molecule has 0 bridgehead atoms. The topological polar surface area (TPSA) is 83.6 Å². The molecule has 0 fully saturated rings. The average Bonchev–Trinajstić information content (AvgIpc) is 2.77. The minimum atomic E-state index is -0.367. The van der Waals surface area contributed by atoms with E-state index in [1.807, 2.05) is 0 Å². The van der Waals surface area contributed by atoms with Crippen molar-refractivity contribution in [2.24, 2.45) is 0 Å². The Balaban J connectivity index is 2.25. The Morgan fingerprint density at radius 1 is 1.31 bits per heavy atom. The summed E-state index contributed by atoms with van der Waals surface area (Å²) in [4.78, 5) is 26.1. The lowest BCUT2D eigenvalue weighted by molar-refractivity contribution is 1.04. The van der Waals surface area contributed by atoms with Gasteiger partial charge < -0.3 is 10.3 Å². The Bertz CT molecular complexity index is 578. The highest BCUT2D eigenvalue weighted by molar-refractivity contribution is 5.66. The van der Waals surface area contributed by atoms with Crippen LogP contribution in [-0.2, 0) is 6.42 Å². The standard InChI is InChI=1S/C10H9N5O/c16-10-14-8(7-5-11-3-4-12-7)6-1-2-13-9(6)15-10/h3-5H,1-2H2,(H2,13,14,15,16). The van der Waals surface area contributed by atoms with E-state index in [0.717, 1.165) is 18.5 Å². The number of nitrogens with one attached hydrogen (secondary N) is 2. The van der Waals surface area contributed by atoms with E-state index in [0.29, 0.717) is 17.2 Å². The molecule has 0 saturated carbocycles. The smallest absolute Gasteiger partial charge is 0.347 e. The molecule has 3 rings (SSSR count). The van der Waals surface area contributed by atoms with Crippen molar-refractivity contribution in [3.05, 3.63) is 34.6 Å². The molecule has 0 aromatic carbocycles. The van der Waals surface area contributed by atoms with E-state index in [9.17, 15) is 4.79 Å². The summed E-state index contributed by atoms with van der Waals surface area (Å²) in [6, 6.07) is 0. The van der Waals surface area contributed by atoms with Gasteiger partial charge in [0.05, 0.1) is 11.9 Å². The van der Waals surface area contributed by atoms with Gasteiger partial charge in [-0.1, -0.05) is 0 Å². The van der Waals surface area contributed by atoms with Gasteiger partial charge in [0.25, 0.3) is 0 Å². The van der Waals surface area contributed by atoms with E-state index in [2.05, 4.69) is 25.3 Å². The molecule has 0 amide bonds. The molecule has 80 valence electrons. The van der Waals surface area contributed by atoms with Crippen LogP contribution in [0.2, 0.25) is 0 Å². The normalized spacial score (nSPS) is 13.2. The van der Waals surface area contributed by atoms with E-state index >= 15 is 0 Å². The van der Waals surface area contributed by atoms with Gasteiger partial charge in [0.1, 0.15) is 11.5 Å². The van der Waals surface area contributed by atoms with Gasteiger partial charge >= 0.3 is 5.69 Å². The maximum Gasteiger partial charge on any atom is 0.347 e. The summed E-state index contributed by atoms with van der Waals surface area (Å²) in [5.74, 6) is 0.657. The summed E-state index contributed by atoms with van der Waals surface area (Å²) >= 11 is 0. The number of aromatic amines is 1. The van der Waals surface area contributed by atoms with Gasteiger partial charge in [0, 0.05) is 24.5 Å². The van der Waals surface area contributed by atoms with Crippen LogP contribution in [0, 0.1) is 0 Å². The molecule has 16 heavy (non-hydrogen) atoms. The molecular formula is C10H9N5O. The first-order chi connectivity index (χ1) is 7.84. The zero-order valence-corrected chi connectivity index (χ0v) is 8.40. The maximum atomic E-state index is 11.4. The van der Waals surface area contributed by atoms with Crippen LogP contribution >= 0.6 is 0 Å². The molecule has 2 aromatic rings. The predicted molar refractivity (Wildman–Crippen MR) is 58.1 cm³/mol. The fourth-order valence-corrected chi connectivity index (χ4v) is 1.84. The summed E-state index contributed by atoms with van der Waals surface area (Å²) in [6.07, 6.45) is 5.67. The first-order valence-electron chi connectivity index (χ1n) is 4.98. The maximum absolute atomic E-state index is 11.4. The zero-order chi connectivity index (χ0) is 11.0. The molecule has 0 saturated heterocycles. The molecular weight excluding hydrogens is 206 g/mol. The van der Waals surface area contributed by atoms with Gasteiger partial charge in [-0.15, -0.1) is 0 Å². The van der Waals surface area contributed by atoms with Gasteiger partial charge in [-0.25, -0.2) is 4.79 Å². The molecule has 1 aliphatic rings. The van der Waals surface area contributed by atoms with Gasteiger partial charge in [-0.2, -0.15) is 4.98 Å². The van der Waals surface area contributed by atoms with Crippen LogP contribution in [-0.4, -0.2) is 26.5 Å². The van der Waals surface area contributed by atoms with Crippen LogP contribution in [0.3, 0.4) is 0 Å². The van der Waals surface area contributed by atoms with Crippen molar-refractivity contribution in [1.82, 2.24) is 19.9 Å². The highest BCUT2D eigenvalue weighted by atomic mass is 16.1. The molecule has 0 unspecified atom stereocenters. The number of nitrogens with zero attached hydrogens (tertiary/aromatic N) is 3. The average molecular weight is 215 g/mol. The number of hydrogen-bond acceptors (Lipinski definition) is 5. The summed E-state index contributed by atoms with van der Waals surface area (Å²) < 4.78 is 0. The summed E-state index contributed by atoms with van der Waals surface area (Å²) in [7, 11) is 0. The summed E-state index contributed by atoms with van der Waals surface area (Å²) in [6.45, 7) is 0.799. The van der Waals surface area contributed by atoms with E-state index in [1.54, 1.807) is 18.6 Å².